The van der Waals surface area contributed by atoms with Gasteiger partial charge in [-0.15, -0.1) is 5.10 Å². The zero-order valence-electron chi connectivity index (χ0n) is 16.8. The van der Waals surface area contributed by atoms with Crippen LogP contribution in [-0.4, -0.2) is 76.0 Å². The van der Waals surface area contributed by atoms with E-state index in [4.69, 9.17) is 22.1 Å². The molecule has 1 saturated heterocycles. The number of carboxylic acids is 1. The number of halogens is 2. The van der Waals surface area contributed by atoms with Crippen molar-refractivity contribution in [3.05, 3.63) is 40.9 Å². The third-order valence-electron chi connectivity index (χ3n) is 5.01. The van der Waals surface area contributed by atoms with E-state index in [0.29, 0.717) is 5.69 Å². The van der Waals surface area contributed by atoms with Crippen LogP contribution in [0.2, 0.25) is 0 Å². The first-order chi connectivity index (χ1) is 14.7. The van der Waals surface area contributed by atoms with Gasteiger partial charge in [0.2, 0.25) is 5.69 Å². The van der Waals surface area contributed by atoms with Crippen LogP contribution in [0.25, 0.3) is 5.69 Å². The highest BCUT2D eigenvalue weighted by Crippen LogP contribution is 2.32. The standard InChI is InChI=1S/C18H22F2N6O4S/c1-30-18(31)21-10-12-11-25(23-22-12)13-8-14(19)17(15(20)9-13)26(29)6-4-24(5-7-26)3-2-16(27)28/h8-9,11H,2-7,10H2,1H3,(H,21,31)(H,27,28). The topological polar surface area (TPSA) is 116 Å². The van der Waals surface area contributed by atoms with Gasteiger partial charge in [-0.2, -0.15) is 0 Å². The molecule has 2 heterocycles. The molecule has 0 spiro atoms. The summed E-state index contributed by atoms with van der Waals surface area (Å²) >= 11 is 4.86. The average molecular weight is 456 g/mol. The van der Waals surface area contributed by atoms with Gasteiger partial charge in [-0.05, 0) is 12.2 Å². The monoisotopic (exact) mass is 456 g/mol. The van der Waals surface area contributed by atoms with E-state index in [1.165, 1.54) is 18.0 Å². The van der Waals surface area contributed by atoms with Crippen molar-refractivity contribution in [2.24, 2.45) is 0 Å². The number of aliphatic carboxylic acids is 1. The van der Waals surface area contributed by atoms with E-state index < -0.39 is 27.9 Å². The van der Waals surface area contributed by atoms with Crippen LogP contribution in [0.15, 0.2) is 18.3 Å². The largest absolute Gasteiger partial charge is 0.627 e. The molecule has 2 N–H and O–H groups in total. The van der Waals surface area contributed by atoms with Gasteiger partial charge in [0, 0.05) is 31.8 Å². The SMILES string of the molecule is COC(=S)NCc1cn(-c2cc(F)c([N+]3([O-])CCN(CCC(=O)O)CC3)c(F)c2)nn1. The predicted octanol–water partition coefficient (Wildman–Crippen LogP) is 1.16. The first kappa shape index (κ1) is 22.9. The quantitative estimate of drug-likeness (QED) is 0.360. The maximum Gasteiger partial charge on any atom is 0.304 e. The normalized spacial score (nSPS) is 16.1. The first-order valence-electron chi connectivity index (χ1n) is 9.47. The third-order valence-corrected chi connectivity index (χ3v) is 5.32. The number of hydrogen-bond acceptors (Lipinski definition) is 7. The molecular formula is C18H22F2N6O4S. The number of nitrogens with zero attached hydrogens (tertiary/aromatic N) is 5. The van der Waals surface area contributed by atoms with Gasteiger partial charge in [0.05, 0.1) is 45.0 Å². The summed E-state index contributed by atoms with van der Waals surface area (Å²) < 4.78 is 34.5. The van der Waals surface area contributed by atoms with Gasteiger partial charge >= 0.3 is 5.97 Å². The van der Waals surface area contributed by atoms with Crippen molar-refractivity contribution >= 4 is 29.0 Å². The minimum Gasteiger partial charge on any atom is -0.627 e. The lowest BCUT2D eigenvalue weighted by molar-refractivity contribution is -0.137. The lowest BCUT2D eigenvalue weighted by Gasteiger charge is -2.47. The molecule has 0 bridgehead atoms. The average Bonchev–Trinajstić information content (AvgIpc) is 3.20. The minimum atomic E-state index is -1.15. The van der Waals surface area contributed by atoms with Gasteiger partial charge in [0.25, 0.3) is 5.17 Å². The Morgan fingerprint density at radius 3 is 2.58 bits per heavy atom. The van der Waals surface area contributed by atoms with Crippen LogP contribution in [0.4, 0.5) is 14.5 Å². The van der Waals surface area contributed by atoms with Crippen LogP contribution >= 0.6 is 12.2 Å². The van der Waals surface area contributed by atoms with E-state index in [1.54, 1.807) is 4.90 Å². The number of quaternary nitrogens is 1. The minimum absolute atomic E-state index is 0.0526. The van der Waals surface area contributed by atoms with Gasteiger partial charge in [-0.3, -0.25) is 9.69 Å². The number of benzene rings is 1. The van der Waals surface area contributed by atoms with Crippen LogP contribution in [-0.2, 0) is 16.1 Å². The Kier molecular flexibility index (Phi) is 7.10. The highest BCUT2D eigenvalue weighted by molar-refractivity contribution is 7.80. The summed E-state index contributed by atoms with van der Waals surface area (Å²) in [4.78, 5) is 12.5. The van der Waals surface area contributed by atoms with E-state index >= 15 is 0 Å². The highest BCUT2D eigenvalue weighted by atomic mass is 32.1. The van der Waals surface area contributed by atoms with Crippen LogP contribution in [0.3, 0.4) is 0 Å². The summed E-state index contributed by atoms with van der Waals surface area (Å²) in [5.41, 5.74) is -0.0123. The number of carbonyl (C=O) groups is 1. The fourth-order valence-corrected chi connectivity index (χ4v) is 3.42. The maximum absolute atomic E-state index is 14.8. The van der Waals surface area contributed by atoms with Crippen molar-refractivity contribution < 1.29 is 23.4 Å². The van der Waals surface area contributed by atoms with Gasteiger partial charge in [-0.1, -0.05) is 5.21 Å². The highest BCUT2D eigenvalue weighted by Gasteiger charge is 2.33. The Labute approximate surface area is 182 Å². The number of methoxy groups -OCH3 is 1. The molecule has 0 aliphatic carbocycles. The molecule has 0 radical (unpaired) electrons. The molecule has 1 aliphatic heterocycles. The number of rotatable bonds is 7. The molecular weight excluding hydrogens is 434 g/mol. The summed E-state index contributed by atoms with van der Waals surface area (Å²) in [5, 5.41) is 32.6. The van der Waals surface area contributed by atoms with Crippen LogP contribution in [0, 0.1) is 16.8 Å². The predicted molar refractivity (Wildman–Crippen MR) is 111 cm³/mol. The molecule has 168 valence electrons. The molecule has 2 aromatic rings. The number of hydroxylamine groups is 2. The number of carboxylic acid groups (broad SMARTS) is 1. The van der Waals surface area contributed by atoms with Crippen molar-refractivity contribution in [1.29, 1.82) is 0 Å². The molecule has 1 fully saturated rings. The number of thiocarbonyl (C=S) groups is 1. The zero-order valence-corrected chi connectivity index (χ0v) is 17.6. The summed E-state index contributed by atoms with van der Waals surface area (Å²) in [6.07, 6.45) is 1.42. The Bertz CT molecular complexity index is 941. The summed E-state index contributed by atoms with van der Waals surface area (Å²) in [6, 6.07) is 2.08. The van der Waals surface area contributed by atoms with Crippen LogP contribution < -0.4 is 9.96 Å². The second-order valence-corrected chi connectivity index (χ2v) is 7.45. The second kappa shape index (κ2) is 9.60. The molecule has 1 aromatic carbocycles. The summed E-state index contributed by atoms with van der Waals surface area (Å²) in [6.45, 7) is 0.851. The smallest absolute Gasteiger partial charge is 0.304 e. The van der Waals surface area contributed by atoms with E-state index in [0.717, 1.165) is 12.1 Å². The lowest BCUT2D eigenvalue weighted by atomic mass is 10.2. The number of ether oxygens (including phenoxy) is 1. The molecule has 0 atom stereocenters. The molecule has 3 rings (SSSR count). The van der Waals surface area contributed by atoms with Gasteiger partial charge in [0.1, 0.15) is 5.69 Å². The van der Waals surface area contributed by atoms with E-state index in [-0.39, 0.29) is 56.6 Å². The van der Waals surface area contributed by atoms with Gasteiger partial charge in [0.15, 0.2) is 11.6 Å². The number of aromatic nitrogens is 3. The van der Waals surface area contributed by atoms with Crippen molar-refractivity contribution in [1.82, 2.24) is 29.9 Å². The molecule has 0 amide bonds. The molecule has 13 heteroatoms. The zero-order chi connectivity index (χ0) is 22.6. The molecule has 1 aromatic heterocycles. The van der Waals surface area contributed by atoms with Crippen molar-refractivity contribution in [3.63, 3.8) is 0 Å². The first-order valence-corrected chi connectivity index (χ1v) is 9.88. The fourth-order valence-electron chi connectivity index (χ4n) is 3.34. The second-order valence-electron chi connectivity index (χ2n) is 7.08. The maximum atomic E-state index is 14.8. The number of piperazine rings is 1. The lowest BCUT2D eigenvalue weighted by Crippen LogP contribution is -2.58. The Balaban J connectivity index is 1.73. The van der Waals surface area contributed by atoms with E-state index in [2.05, 4.69) is 15.6 Å². The van der Waals surface area contributed by atoms with Crippen molar-refractivity contribution in [2.45, 2.75) is 13.0 Å². The Hall–Kier alpha value is -2.74. The number of nitrogens with one attached hydrogen (secondary N) is 1. The van der Waals surface area contributed by atoms with E-state index in [1.807, 2.05) is 0 Å². The Morgan fingerprint density at radius 1 is 1.35 bits per heavy atom. The van der Waals surface area contributed by atoms with Gasteiger partial charge in [-0.25, -0.2) is 13.5 Å². The van der Waals surface area contributed by atoms with E-state index in [9.17, 15) is 18.8 Å². The summed E-state index contributed by atoms with van der Waals surface area (Å²) in [5.74, 6) is -2.88. The van der Waals surface area contributed by atoms with Crippen molar-refractivity contribution in [3.8, 4) is 5.69 Å². The van der Waals surface area contributed by atoms with Crippen LogP contribution in [0.1, 0.15) is 12.1 Å². The van der Waals surface area contributed by atoms with Gasteiger partial charge < -0.3 is 25.0 Å². The molecule has 31 heavy (non-hydrogen) atoms. The molecule has 10 nitrogen and oxygen atoms in total. The Morgan fingerprint density at radius 2 is 2.00 bits per heavy atom. The molecule has 1 aliphatic rings. The number of hydrogen-bond donors (Lipinski definition) is 2. The fraction of sp³-hybridized carbons (Fsp3) is 0.444. The third kappa shape index (κ3) is 5.50. The van der Waals surface area contributed by atoms with Crippen molar-refractivity contribution in [2.75, 3.05) is 39.8 Å². The summed E-state index contributed by atoms with van der Waals surface area (Å²) in [7, 11) is 1.42. The molecule has 0 unspecified atom stereocenters. The van der Waals surface area contributed by atoms with Crippen LogP contribution in [0.5, 0.6) is 0 Å². The molecule has 0 saturated carbocycles.